The van der Waals surface area contributed by atoms with E-state index in [0.717, 1.165) is 18.2 Å². The molecule has 2 fully saturated rings. The Balaban J connectivity index is 1.57. The summed E-state index contributed by atoms with van der Waals surface area (Å²) in [5.41, 5.74) is 1.06. The Labute approximate surface area is 131 Å². The van der Waals surface area contributed by atoms with Gasteiger partial charge in [0.1, 0.15) is 0 Å². The van der Waals surface area contributed by atoms with Crippen LogP contribution in [-0.4, -0.2) is 41.7 Å². The fourth-order valence-electron chi connectivity index (χ4n) is 3.77. The summed E-state index contributed by atoms with van der Waals surface area (Å²) in [6, 6.07) is 7.30. The van der Waals surface area contributed by atoms with Gasteiger partial charge in [-0.1, -0.05) is 6.42 Å². The summed E-state index contributed by atoms with van der Waals surface area (Å²) in [5.74, 6) is 0.670. The quantitative estimate of drug-likeness (QED) is 0.487. The minimum Gasteiger partial charge on any atom is -0.300 e. The van der Waals surface area contributed by atoms with Crippen LogP contribution in [0.2, 0.25) is 0 Å². The number of rotatable bonds is 4. The van der Waals surface area contributed by atoms with Crippen molar-refractivity contribution in [2.24, 2.45) is 10.9 Å². The van der Waals surface area contributed by atoms with Crippen LogP contribution in [-0.2, 0) is 0 Å². The molecule has 5 heteroatoms. The van der Waals surface area contributed by atoms with Gasteiger partial charge in [0.05, 0.1) is 4.92 Å². The van der Waals surface area contributed by atoms with E-state index in [1.54, 1.807) is 12.1 Å². The van der Waals surface area contributed by atoms with Crippen molar-refractivity contribution < 1.29 is 4.92 Å². The van der Waals surface area contributed by atoms with Gasteiger partial charge in [-0.2, -0.15) is 0 Å². The largest absolute Gasteiger partial charge is 0.300 e. The maximum absolute atomic E-state index is 10.6. The third-order valence-corrected chi connectivity index (χ3v) is 4.91. The molecule has 2 saturated heterocycles. The number of fused-ring (bicyclic) bond motifs is 1. The van der Waals surface area contributed by atoms with Crippen molar-refractivity contribution in [2.75, 3.05) is 19.6 Å². The van der Waals surface area contributed by atoms with E-state index in [9.17, 15) is 10.1 Å². The Morgan fingerprint density at radius 3 is 2.73 bits per heavy atom. The lowest BCUT2D eigenvalue weighted by Crippen LogP contribution is -2.48. The maximum Gasteiger partial charge on any atom is 0.269 e. The van der Waals surface area contributed by atoms with Crippen LogP contribution in [0, 0.1) is 16.0 Å². The Morgan fingerprint density at radius 1 is 1.18 bits per heavy atom. The number of piperidine rings is 2. The summed E-state index contributed by atoms with van der Waals surface area (Å²) in [4.78, 5) is 17.5. The van der Waals surface area contributed by atoms with Crippen LogP contribution in [0.25, 0.3) is 0 Å². The van der Waals surface area contributed by atoms with Crippen molar-refractivity contribution in [3.05, 3.63) is 39.9 Å². The van der Waals surface area contributed by atoms with Gasteiger partial charge in [0, 0.05) is 30.9 Å². The minimum absolute atomic E-state index is 0.127. The monoisotopic (exact) mass is 301 g/mol. The summed E-state index contributed by atoms with van der Waals surface area (Å²) < 4.78 is 0. The molecule has 2 aliphatic rings. The van der Waals surface area contributed by atoms with Crippen LogP contribution in [0.5, 0.6) is 0 Å². The molecule has 5 nitrogen and oxygen atoms in total. The Bertz CT molecular complexity index is 539. The number of hydrogen-bond donors (Lipinski definition) is 0. The zero-order valence-electron chi connectivity index (χ0n) is 12.9. The third-order valence-electron chi connectivity index (χ3n) is 4.91. The molecule has 1 aromatic carbocycles. The SMILES string of the molecule is O=[N+]([O-])c1ccc(C=NC[C@H]2CCCN3CCCC[C@@H]23)cc1. The Hall–Kier alpha value is -1.75. The predicted molar refractivity (Wildman–Crippen MR) is 87.5 cm³/mol. The first-order valence-electron chi connectivity index (χ1n) is 8.22. The van der Waals surface area contributed by atoms with E-state index in [-0.39, 0.29) is 10.6 Å². The lowest BCUT2D eigenvalue weighted by atomic mass is 9.83. The Kier molecular flexibility index (Phi) is 4.83. The molecule has 22 heavy (non-hydrogen) atoms. The van der Waals surface area contributed by atoms with E-state index in [0.29, 0.717) is 5.92 Å². The molecule has 3 rings (SSSR count). The second-order valence-corrected chi connectivity index (χ2v) is 6.34. The number of nitrogens with zero attached hydrogens (tertiary/aromatic N) is 3. The summed E-state index contributed by atoms with van der Waals surface area (Å²) in [6.07, 6.45) is 8.43. The summed E-state index contributed by atoms with van der Waals surface area (Å²) in [5, 5.41) is 10.6. The fourth-order valence-corrected chi connectivity index (χ4v) is 3.77. The van der Waals surface area contributed by atoms with Crippen LogP contribution in [0.4, 0.5) is 5.69 Å². The van der Waals surface area contributed by atoms with Crippen molar-refractivity contribution in [3.63, 3.8) is 0 Å². The van der Waals surface area contributed by atoms with Gasteiger partial charge in [-0.15, -0.1) is 0 Å². The van der Waals surface area contributed by atoms with E-state index in [1.165, 1.54) is 57.3 Å². The van der Waals surface area contributed by atoms with Gasteiger partial charge in [-0.3, -0.25) is 15.1 Å². The number of nitro benzene ring substituents is 1. The van der Waals surface area contributed by atoms with Gasteiger partial charge in [-0.05, 0) is 62.4 Å². The number of hydrogen-bond acceptors (Lipinski definition) is 4. The van der Waals surface area contributed by atoms with Crippen LogP contribution < -0.4 is 0 Å². The van der Waals surface area contributed by atoms with Gasteiger partial charge in [0.2, 0.25) is 0 Å². The molecule has 0 radical (unpaired) electrons. The second-order valence-electron chi connectivity index (χ2n) is 6.34. The van der Waals surface area contributed by atoms with E-state index in [1.807, 2.05) is 6.21 Å². The van der Waals surface area contributed by atoms with Crippen molar-refractivity contribution in [1.29, 1.82) is 0 Å². The molecule has 1 aromatic rings. The van der Waals surface area contributed by atoms with Gasteiger partial charge in [0.25, 0.3) is 5.69 Å². The van der Waals surface area contributed by atoms with Gasteiger partial charge < -0.3 is 4.90 Å². The molecule has 2 heterocycles. The van der Waals surface area contributed by atoms with Crippen molar-refractivity contribution in [1.82, 2.24) is 4.90 Å². The first kappa shape index (κ1) is 15.2. The molecule has 0 aliphatic carbocycles. The maximum atomic E-state index is 10.6. The van der Waals surface area contributed by atoms with E-state index in [2.05, 4.69) is 9.89 Å². The highest BCUT2D eigenvalue weighted by Crippen LogP contribution is 2.30. The zero-order valence-corrected chi connectivity index (χ0v) is 12.9. The summed E-state index contributed by atoms with van der Waals surface area (Å²) in [6.45, 7) is 3.39. The van der Waals surface area contributed by atoms with Crippen LogP contribution >= 0.6 is 0 Å². The van der Waals surface area contributed by atoms with Crippen LogP contribution in [0.3, 0.4) is 0 Å². The highest BCUT2D eigenvalue weighted by atomic mass is 16.6. The smallest absolute Gasteiger partial charge is 0.269 e. The van der Waals surface area contributed by atoms with E-state index < -0.39 is 0 Å². The van der Waals surface area contributed by atoms with Gasteiger partial charge in [-0.25, -0.2) is 0 Å². The summed E-state index contributed by atoms with van der Waals surface area (Å²) in [7, 11) is 0. The predicted octanol–water partition coefficient (Wildman–Crippen LogP) is 3.28. The number of nitro groups is 1. The molecular weight excluding hydrogens is 278 g/mol. The molecule has 118 valence electrons. The molecular formula is C17H23N3O2. The fraction of sp³-hybridized carbons (Fsp3) is 0.588. The Morgan fingerprint density at radius 2 is 1.95 bits per heavy atom. The number of non-ortho nitro benzene ring substituents is 1. The highest BCUT2D eigenvalue weighted by molar-refractivity contribution is 5.79. The number of aliphatic imine (C=N–C) groups is 1. The lowest BCUT2D eigenvalue weighted by Gasteiger charge is -2.43. The molecule has 2 aliphatic heterocycles. The van der Waals surface area contributed by atoms with Crippen molar-refractivity contribution >= 4 is 11.9 Å². The average molecular weight is 301 g/mol. The molecule has 0 spiro atoms. The standard InChI is InChI=1S/C17H23N3O2/c21-20(22)16-8-6-14(7-9-16)12-18-13-15-4-3-11-19-10-2-1-5-17(15)19/h6-9,12,15,17H,1-5,10-11,13H2/t15-,17+/m1/s1. The van der Waals surface area contributed by atoms with E-state index in [4.69, 9.17) is 0 Å². The molecule has 2 atom stereocenters. The zero-order chi connectivity index (χ0) is 15.4. The molecule has 0 aromatic heterocycles. The third kappa shape index (κ3) is 3.53. The minimum atomic E-state index is -0.374. The van der Waals surface area contributed by atoms with Crippen LogP contribution in [0.1, 0.15) is 37.7 Å². The molecule has 0 N–H and O–H groups in total. The normalized spacial score (nSPS) is 26.0. The first-order valence-corrected chi connectivity index (χ1v) is 8.22. The lowest BCUT2D eigenvalue weighted by molar-refractivity contribution is -0.384. The summed E-state index contributed by atoms with van der Waals surface area (Å²) >= 11 is 0. The average Bonchev–Trinajstić information content (AvgIpc) is 2.55. The second kappa shape index (κ2) is 7.01. The topological polar surface area (TPSA) is 58.7 Å². The van der Waals surface area contributed by atoms with Gasteiger partial charge in [0.15, 0.2) is 0 Å². The van der Waals surface area contributed by atoms with Gasteiger partial charge >= 0.3 is 0 Å². The molecule has 0 saturated carbocycles. The van der Waals surface area contributed by atoms with Crippen molar-refractivity contribution in [2.45, 2.75) is 38.1 Å². The van der Waals surface area contributed by atoms with Crippen molar-refractivity contribution in [3.8, 4) is 0 Å². The molecule has 0 amide bonds. The highest BCUT2D eigenvalue weighted by Gasteiger charge is 2.32. The van der Waals surface area contributed by atoms with E-state index >= 15 is 0 Å². The number of benzene rings is 1. The first-order chi connectivity index (χ1) is 10.7. The molecule has 0 unspecified atom stereocenters. The molecule has 0 bridgehead atoms. The van der Waals surface area contributed by atoms with Crippen LogP contribution in [0.15, 0.2) is 29.3 Å².